The molecule has 0 spiro atoms. The quantitative estimate of drug-likeness (QED) is 0.279. The van der Waals surface area contributed by atoms with Crippen LogP contribution in [0.15, 0.2) is 47.5 Å². The van der Waals surface area contributed by atoms with Gasteiger partial charge in [-0.25, -0.2) is 0 Å². The Morgan fingerprint density at radius 3 is 3.00 bits per heavy atom. The second-order valence-electron chi connectivity index (χ2n) is 8.08. The third-order valence-corrected chi connectivity index (χ3v) is 7.57. The van der Waals surface area contributed by atoms with E-state index in [1.807, 2.05) is 22.0 Å². The molecule has 0 radical (unpaired) electrons. The second-order valence-corrected chi connectivity index (χ2v) is 9.99. The number of carbonyl (C=O) groups is 2. The molecule has 32 heavy (non-hydrogen) atoms. The first-order chi connectivity index (χ1) is 15.5. The number of anilines is 1. The van der Waals surface area contributed by atoms with Crippen molar-refractivity contribution in [1.29, 1.82) is 0 Å². The number of hydrogen-bond acceptors (Lipinski definition) is 6. The number of thioether (sulfide) groups is 1. The summed E-state index contributed by atoms with van der Waals surface area (Å²) in [6.45, 7) is 8.27. The molecule has 0 aliphatic heterocycles. The molecule has 1 amide bonds. The van der Waals surface area contributed by atoms with Crippen molar-refractivity contribution < 1.29 is 9.59 Å². The molecule has 0 saturated heterocycles. The lowest BCUT2D eigenvalue weighted by molar-refractivity contribution is -0.113. The molecule has 8 heteroatoms. The van der Waals surface area contributed by atoms with Crippen molar-refractivity contribution in [2.45, 2.75) is 44.8 Å². The lowest BCUT2D eigenvalue weighted by Crippen LogP contribution is -2.15. The van der Waals surface area contributed by atoms with Crippen molar-refractivity contribution in [3.05, 3.63) is 58.3 Å². The number of allylic oxidation sites excluding steroid dienone is 1. The first kappa shape index (κ1) is 22.5. The normalized spacial score (nSPS) is 15.2. The molecule has 1 atom stereocenters. The molecule has 2 aromatic heterocycles. The number of nitrogens with zero attached hydrogens (tertiary/aromatic N) is 3. The van der Waals surface area contributed by atoms with Crippen molar-refractivity contribution in [2.24, 2.45) is 5.92 Å². The smallest absolute Gasteiger partial charge is 0.234 e. The third kappa shape index (κ3) is 4.86. The summed E-state index contributed by atoms with van der Waals surface area (Å²) in [6, 6.07) is 6.95. The van der Waals surface area contributed by atoms with Crippen LogP contribution in [-0.2, 0) is 24.2 Å². The molecule has 4 rings (SSSR count). The van der Waals surface area contributed by atoms with E-state index in [9.17, 15) is 9.59 Å². The van der Waals surface area contributed by atoms with E-state index in [0.29, 0.717) is 23.0 Å². The fourth-order valence-electron chi connectivity index (χ4n) is 3.90. The number of thiophene rings is 1. The summed E-state index contributed by atoms with van der Waals surface area (Å²) in [6.07, 6.45) is 5.22. The van der Waals surface area contributed by atoms with Gasteiger partial charge in [0.2, 0.25) is 5.91 Å². The van der Waals surface area contributed by atoms with E-state index in [-0.39, 0.29) is 17.4 Å². The Bertz CT molecular complexity index is 1160. The topological polar surface area (TPSA) is 76.9 Å². The van der Waals surface area contributed by atoms with Crippen LogP contribution in [0.1, 0.15) is 41.1 Å². The van der Waals surface area contributed by atoms with Gasteiger partial charge in [0.1, 0.15) is 0 Å². The fraction of sp³-hybridized carbons (Fsp3) is 0.333. The Morgan fingerprint density at radius 2 is 2.22 bits per heavy atom. The van der Waals surface area contributed by atoms with Crippen molar-refractivity contribution in [2.75, 3.05) is 11.1 Å². The summed E-state index contributed by atoms with van der Waals surface area (Å²) in [5.74, 6) is 1.56. The highest BCUT2D eigenvalue weighted by atomic mass is 32.2. The van der Waals surface area contributed by atoms with Gasteiger partial charge < -0.3 is 5.32 Å². The Kier molecular flexibility index (Phi) is 6.91. The second kappa shape index (κ2) is 9.83. The number of carbonyl (C=O) groups excluding carboxylic acids is 2. The van der Waals surface area contributed by atoms with E-state index in [4.69, 9.17) is 0 Å². The number of hydrogen-bond donors (Lipinski definition) is 1. The van der Waals surface area contributed by atoms with Crippen LogP contribution in [-0.4, -0.2) is 32.2 Å². The van der Waals surface area contributed by atoms with Crippen LogP contribution in [0.4, 0.5) is 5.69 Å². The molecule has 1 aromatic carbocycles. The van der Waals surface area contributed by atoms with Crippen LogP contribution in [0.25, 0.3) is 11.4 Å². The maximum Gasteiger partial charge on any atom is 0.234 e. The van der Waals surface area contributed by atoms with Crippen molar-refractivity contribution >= 4 is 40.5 Å². The predicted molar refractivity (Wildman–Crippen MR) is 131 cm³/mol. The third-order valence-electron chi connectivity index (χ3n) is 5.56. The summed E-state index contributed by atoms with van der Waals surface area (Å²) in [5, 5.41) is 14.6. The number of nitrogens with one attached hydrogen (secondary N) is 1. The zero-order chi connectivity index (χ0) is 22.7. The van der Waals surface area contributed by atoms with Gasteiger partial charge in [0.25, 0.3) is 0 Å². The minimum Gasteiger partial charge on any atom is -0.325 e. The Labute approximate surface area is 196 Å². The number of ketones is 1. The summed E-state index contributed by atoms with van der Waals surface area (Å²) in [7, 11) is 0. The monoisotopic (exact) mass is 466 g/mol. The average molecular weight is 467 g/mol. The molecule has 0 fully saturated rings. The number of rotatable bonds is 8. The zero-order valence-electron chi connectivity index (χ0n) is 18.3. The van der Waals surface area contributed by atoms with Crippen LogP contribution in [0.5, 0.6) is 0 Å². The van der Waals surface area contributed by atoms with E-state index in [0.717, 1.165) is 30.1 Å². The largest absolute Gasteiger partial charge is 0.325 e. The molecule has 1 aliphatic carbocycles. The van der Waals surface area contributed by atoms with Crippen LogP contribution < -0.4 is 5.32 Å². The standard InChI is InChI=1S/C24H26N4O2S2/c1-4-10-28-23(20-13-31-21-11-15(2)8-9-19(20)21)26-27-24(28)32-14-22(30)25-18-7-5-6-17(12-18)16(3)29/h4-7,12-13,15H,1,8-11,14H2,2-3H3,(H,25,30). The maximum absolute atomic E-state index is 12.5. The van der Waals surface area contributed by atoms with Gasteiger partial charge in [-0.05, 0) is 49.8 Å². The number of benzene rings is 1. The highest BCUT2D eigenvalue weighted by molar-refractivity contribution is 7.99. The molecule has 2 heterocycles. The van der Waals surface area contributed by atoms with Crippen molar-refractivity contribution in [1.82, 2.24) is 14.8 Å². The number of fused-ring (bicyclic) bond motifs is 1. The molecular formula is C24H26N4O2S2. The van der Waals surface area contributed by atoms with Crippen molar-refractivity contribution in [3.63, 3.8) is 0 Å². The molecule has 6 nitrogen and oxygen atoms in total. The SMILES string of the molecule is C=CCn1c(SCC(=O)Nc2cccc(C(C)=O)c2)nnc1-c1csc2c1CCC(C)C2. The number of aromatic nitrogens is 3. The van der Waals surface area contributed by atoms with Crippen LogP contribution in [0.3, 0.4) is 0 Å². The minimum absolute atomic E-state index is 0.0365. The molecule has 166 valence electrons. The average Bonchev–Trinajstić information content (AvgIpc) is 3.36. The molecule has 0 saturated carbocycles. The van der Waals surface area contributed by atoms with E-state index in [2.05, 4.69) is 34.4 Å². The van der Waals surface area contributed by atoms with E-state index in [1.165, 1.54) is 35.5 Å². The minimum atomic E-state index is -0.160. The predicted octanol–water partition coefficient (Wildman–Crippen LogP) is 5.25. The zero-order valence-corrected chi connectivity index (χ0v) is 19.9. The highest BCUT2D eigenvalue weighted by Crippen LogP contribution is 2.38. The summed E-state index contributed by atoms with van der Waals surface area (Å²) in [4.78, 5) is 25.5. The molecule has 1 N–H and O–H groups in total. The molecule has 3 aromatic rings. The first-order valence-electron chi connectivity index (χ1n) is 10.6. The first-order valence-corrected chi connectivity index (χ1v) is 12.5. The highest BCUT2D eigenvalue weighted by Gasteiger charge is 2.24. The number of amides is 1. The van der Waals surface area contributed by atoms with Gasteiger partial charge in [0.15, 0.2) is 16.8 Å². The molecule has 0 bridgehead atoms. The number of Topliss-reactive ketones (excluding diaryl/α,β-unsaturated/α-hetero) is 1. The summed E-state index contributed by atoms with van der Waals surface area (Å²) >= 11 is 3.15. The fourth-order valence-corrected chi connectivity index (χ4v) is 5.89. The van der Waals surface area contributed by atoms with Gasteiger partial charge >= 0.3 is 0 Å². The van der Waals surface area contributed by atoms with Gasteiger partial charge in [-0.3, -0.25) is 14.2 Å². The summed E-state index contributed by atoms with van der Waals surface area (Å²) < 4.78 is 2.03. The molecule has 1 unspecified atom stereocenters. The Hall–Kier alpha value is -2.71. The van der Waals surface area contributed by atoms with Gasteiger partial charge in [-0.2, -0.15) is 0 Å². The lowest BCUT2D eigenvalue weighted by atomic mass is 9.88. The van der Waals surface area contributed by atoms with E-state index in [1.54, 1.807) is 24.3 Å². The molecular weight excluding hydrogens is 440 g/mol. The van der Waals surface area contributed by atoms with Gasteiger partial charge in [0.05, 0.1) is 5.75 Å². The van der Waals surface area contributed by atoms with E-state index >= 15 is 0 Å². The van der Waals surface area contributed by atoms with Crippen LogP contribution >= 0.6 is 23.1 Å². The summed E-state index contributed by atoms with van der Waals surface area (Å²) in [5.41, 5.74) is 3.73. The van der Waals surface area contributed by atoms with Gasteiger partial charge in [-0.15, -0.1) is 28.1 Å². The van der Waals surface area contributed by atoms with Gasteiger partial charge in [-0.1, -0.05) is 36.9 Å². The van der Waals surface area contributed by atoms with Crippen LogP contribution in [0, 0.1) is 5.92 Å². The van der Waals surface area contributed by atoms with Crippen LogP contribution in [0.2, 0.25) is 0 Å². The lowest BCUT2D eigenvalue weighted by Gasteiger charge is -2.19. The Morgan fingerprint density at radius 1 is 1.38 bits per heavy atom. The maximum atomic E-state index is 12.5. The van der Waals surface area contributed by atoms with Gasteiger partial charge in [0, 0.05) is 33.6 Å². The van der Waals surface area contributed by atoms with E-state index < -0.39 is 0 Å². The Balaban J connectivity index is 1.49. The molecule has 1 aliphatic rings. The van der Waals surface area contributed by atoms with Crippen molar-refractivity contribution in [3.8, 4) is 11.4 Å².